The molecule has 7 nitrogen and oxygen atoms in total. The van der Waals surface area contributed by atoms with Gasteiger partial charge in [-0.1, -0.05) is 18.2 Å². The highest BCUT2D eigenvalue weighted by Crippen LogP contribution is 2.19. The second-order valence-electron chi connectivity index (χ2n) is 6.59. The van der Waals surface area contributed by atoms with Crippen molar-refractivity contribution in [3.63, 3.8) is 0 Å². The Morgan fingerprint density at radius 3 is 2.55 bits per heavy atom. The Labute approximate surface area is 192 Å². The largest absolute Gasteiger partial charge is 0.370 e. The summed E-state index contributed by atoms with van der Waals surface area (Å²) in [5, 5.41) is 15.1. The topological polar surface area (TPSA) is 69.8 Å². The van der Waals surface area contributed by atoms with Crippen molar-refractivity contribution in [2.75, 3.05) is 36.5 Å². The molecule has 0 atom stereocenters. The third-order valence-electron chi connectivity index (χ3n) is 4.79. The van der Waals surface area contributed by atoms with Gasteiger partial charge in [-0.2, -0.15) is 11.8 Å². The molecular weight excluding hydrogens is 497 g/mol. The predicted octanol–water partition coefficient (Wildman–Crippen LogP) is 2.77. The quantitative estimate of drug-likeness (QED) is 0.305. The number of anilines is 1. The van der Waals surface area contributed by atoms with Crippen LogP contribution in [0, 0.1) is 0 Å². The average Bonchev–Trinajstić information content (AvgIpc) is 3.18. The Balaban J connectivity index is 0.00000240. The van der Waals surface area contributed by atoms with Crippen LogP contribution in [0.15, 0.2) is 53.7 Å². The lowest BCUT2D eigenvalue weighted by Gasteiger charge is -2.28. The molecule has 4 rings (SSSR count). The van der Waals surface area contributed by atoms with Gasteiger partial charge in [-0.15, -0.1) is 34.2 Å². The maximum Gasteiger partial charge on any atom is 0.191 e. The van der Waals surface area contributed by atoms with Crippen LogP contribution in [-0.2, 0) is 13.1 Å². The van der Waals surface area contributed by atoms with Crippen molar-refractivity contribution < 1.29 is 0 Å². The van der Waals surface area contributed by atoms with Crippen molar-refractivity contribution in [1.29, 1.82) is 0 Å². The minimum atomic E-state index is 0. The smallest absolute Gasteiger partial charge is 0.191 e. The third-order valence-corrected chi connectivity index (χ3v) is 5.74. The molecule has 3 aromatic rings. The summed E-state index contributed by atoms with van der Waals surface area (Å²) in [6.07, 6.45) is 1.96. The average molecular weight is 523 g/mol. The minimum absolute atomic E-state index is 0. The molecule has 0 saturated carbocycles. The van der Waals surface area contributed by atoms with Gasteiger partial charge in [0.25, 0.3) is 0 Å². The van der Waals surface area contributed by atoms with Gasteiger partial charge in [0.1, 0.15) is 0 Å². The molecule has 0 spiro atoms. The number of halogens is 1. The first kappa shape index (κ1) is 21.7. The second-order valence-corrected chi connectivity index (χ2v) is 7.82. The van der Waals surface area contributed by atoms with Gasteiger partial charge in [-0.25, -0.2) is 0 Å². The number of thioether (sulfide) groups is 1. The van der Waals surface area contributed by atoms with Crippen molar-refractivity contribution in [2.45, 2.75) is 13.1 Å². The molecule has 1 aliphatic heterocycles. The number of hydrogen-bond acceptors (Lipinski definition) is 5. The van der Waals surface area contributed by atoms with Gasteiger partial charge in [0.05, 0.1) is 6.54 Å². The predicted molar refractivity (Wildman–Crippen MR) is 131 cm³/mol. The summed E-state index contributed by atoms with van der Waals surface area (Å²) in [5.41, 5.74) is 3.38. The van der Waals surface area contributed by atoms with Crippen molar-refractivity contribution >= 4 is 53.0 Å². The van der Waals surface area contributed by atoms with E-state index >= 15 is 0 Å². The minimum Gasteiger partial charge on any atom is -0.370 e. The van der Waals surface area contributed by atoms with Crippen LogP contribution < -0.4 is 15.5 Å². The normalized spacial score (nSPS) is 14.5. The fraction of sp³-hybridized carbons (Fsp3) is 0.350. The monoisotopic (exact) mass is 523 g/mol. The summed E-state index contributed by atoms with van der Waals surface area (Å²) in [4.78, 5) is 6.76. The van der Waals surface area contributed by atoms with Gasteiger partial charge in [0.15, 0.2) is 17.4 Å². The van der Waals surface area contributed by atoms with Crippen LogP contribution in [-0.4, -0.2) is 52.2 Å². The summed E-state index contributed by atoms with van der Waals surface area (Å²) >= 11 is 2.03. The molecule has 0 unspecified atom stereocenters. The third kappa shape index (κ3) is 5.53. The number of aliphatic imine (C=N–C) groups is 1. The van der Waals surface area contributed by atoms with Crippen LogP contribution in [0.3, 0.4) is 0 Å². The molecule has 1 fully saturated rings. The number of hydrogen-bond donors (Lipinski definition) is 2. The molecule has 0 bridgehead atoms. The maximum absolute atomic E-state index is 4.30. The number of aromatic nitrogens is 3. The fourth-order valence-electron chi connectivity index (χ4n) is 3.23. The lowest BCUT2D eigenvalue weighted by atomic mass is 10.2. The zero-order valence-corrected chi connectivity index (χ0v) is 19.6. The van der Waals surface area contributed by atoms with Crippen LogP contribution in [0.25, 0.3) is 5.65 Å². The van der Waals surface area contributed by atoms with Gasteiger partial charge in [0.2, 0.25) is 0 Å². The van der Waals surface area contributed by atoms with E-state index in [4.69, 9.17) is 0 Å². The fourth-order valence-corrected chi connectivity index (χ4v) is 4.13. The molecule has 154 valence electrons. The Morgan fingerprint density at radius 2 is 1.79 bits per heavy atom. The highest BCUT2D eigenvalue weighted by Gasteiger charge is 2.11. The van der Waals surface area contributed by atoms with Gasteiger partial charge in [-0.05, 0) is 29.8 Å². The zero-order valence-electron chi connectivity index (χ0n) is 16.4. The molecule has 2 aromatic heterocycles. The summed E-state index contributed by atoms with van der Waals surface area (Å²) in [7, 11) is 1.77. The summed E-state index contributed by atoms with van der Waals surface area (Å²) in [5.74, 6) is 4.02. The molecule has 1 aromatic carbocycles. The Bertz CT molecular complexity index is 935. The first-order chi connectivity index (χ1) is 13.8. The Hall–Kier alpha value is -2.01. The summed E-state index contributed by atoms with van der Waals surface area (Å²) in [6.45, 7) is 3.54. The number of pyridine rings is 1. The molecule has 0 aliphatic carbocycles. The van der Waals surface area contributed by atoms with Crippen LogP contribution >= 0.6 is 35.7 Å². The van der Waals surface area contributed by atoms with E-state index in [0.717, 1.165) is 37.1 Å². The molecule has 0 radical (unpaired) electrons. The zero-order chi connectivity index (χ0) is 19.2. The standard InChI is InChI=1S/C20H25N7S.HI/c1-21-20(23-15-19-25-24-18-4-2-3-9-27(18)19)22-14-16-5-7-17(8-6-16)26-10-12-28-13-11-26;/h2-9H,10-15H2,1H3,(H2,21,22,23);1H. The van der Waals surface area contributed by atoms with E-state index in [1.165, 1.54) is 22.8 Å². The van der Waals surface area contributed by atoms with Crippen LogP contribution in [0.4, 0.5) is 5.69 Å². The Morgan fingerprint density at radius 1 is 1.03 bits per heavy atom. The lowest BCUT2D eigenvalue weighted by molar-refractivity contribution is 0.762. The van der Waals surface area contributed by atoms with Crippen molar-refractivity contribution in [3.8, 4) is 0 Å². The molecule has 2 N–H and O–H groups in total. The molecule has 3 heterocycles. The van der Waals surface area contributed by atoms with E-state index in [-0.39, 0.29) is 24.0 Å². The number of rotatable bonds is 5. The van der Waals surface area contributed by atoms with Gasteiger partial charge >= 0.3 is 0 Å². The maximum atomic E-state index is 4.30. The molecular formula is C20H26IN7S. The highest BCUT2D eigenvalue weighted by atomic mass is 127. The van der Waals surface area contributed by atoms with Gasteiger partial charge in [-0.3, -0.25) is 9.39 Å². The highest BCUT2D eigenvalue weighted by molar-refractivity contribution is 14.0. The second kappa shape index (κ2) is 10.7. The lowest BCUT2D eigenvalue weighted by Crippen LogP contribution is -2.36. The van der Waals surface area contributed by atoms with Crippen LogP contribution in [0.1, 0.15) is 11.4 Å². The molecule has 0 amide bonds. The first-order valence-electron chi connectivity index (χ1n) is 9.48. The summed E-state index contributed by atoms with van der Waals surface area (Å²) < 4.78 is 1.97. The van der Waals surface area contributed by atoms with E-state index in [2.05, 4.69) is 55.0 Å². The number of guanidine groups is 1. The van der Waals surface area contributed by atoms with Crippen LogP contribution in [0.2, 0.25) is 0 Å². The van der Waals surface area contributed by atoms with Crippen molar-refractivity contribution in [2.24, 2.45) is 4.99 Å². The number of nitrogens with zero attached hydrogens (tertiary/aromatic N) is 5. The molecule has 29 heavy (non-hydrogen) atoms. The van der Waals surface area contributed by atoms with Crippen LogP contribution in [0.5, 0.6) is 0 Å². The van der Waals surface area contributed by atoms with Gasteiger partial charge < -0.3 is 15.5 Å². The molecule has 1 aliphatic rings. The number of nitrogens with one attached hydrogen (secondary N) is 2. The van der Waals surface area contributed by atoms with E-state index in [1.54, 1.807) is 7.05 Å². The SMILES string of the molecule is CN=C(NCc1ccc(N2CCSCC2)cc1)NCc1nnc2ccccn12.I. The summed E-state index contributed by atoms with van der Waals surface area (Å²) in [6, 6.07) is 14.7. The number of fused-ring (bicyclic) bond motifs is 1. The molecule has 9 heteroatoms. The van der Waals surface area contributed by atoms with E-state index in [9.17, 15) is 0 Å². The number of benzene rings is 1. The van der Waals surface area contributed by atoms with E-state index in [0.29, 0.717) is 6.54 Å². The molecule has 1 saturated heterocycles. The first-order valence-corrected chi connectivity index (χ1v) is 10.6. The van der Waals surface area contributed by atoms with E-state index < -0.39 is 0 Å². The van der Waals surface area contributed by atoms with E-state index in [1.807, 2.05) is 40.6 Å². The van der Waals surface area contributed by atoms with Gasteiger partial charge in [0, 0.05) is 50.1 Å². The Kier molecular flexibility index (Phi) is 7.99. The van der Waals surface area contributed by atoms with Crippen molar-refractivity contribution in [1.82, 2.24) is 25.2 Å². The van der Waals surface area contributed by atoms with Crippen molar-refractivity contribution in [3.05, 3.63) is 60.0 Å².